The third kappa shape index (κ3) is 3.80. The molecule has 3 rings (SSSR count). The van der Waals surface area contributed by atoms with Crippen LogP contribution in [-0.4, -0.2) is 22.1 Å². The normalized spacial score (nSPS) is 12.6. The van der Waals surface area contributed by atoms with Crippen molar-refractivity contribution in [2.75, 3.05) is 6.61 Å². The molecule has 0 saturated carbocycles. The number of hydrogen-bond donors (Lipinski definition) is 1. The van der Waals surface area contributed by atoms with Crippen molar-refractivity contribution >= 4 is 38.4 Å². The molecule has 24 heavy (non-hydrogen) atoms. The van der Waals surface area contributed by atoms with Gasteiger partial charge in [0.2, 0.25) is 5.12 Å². The third-order valence-corrected chi connectivity index (χ3v) is 5.53. The van der Waals surface area contributed by atoms with Crippen molar-refractivity contribution in [1.29, 1.82) is 0 Å². The van der Waals surface area contributed by atoms with Gasteiger partial charge in [0.05, 0.1) is 0 Å². The smallest absolute Gasteiger partial charge is 0.219 e. The van der Waals surface area contributed by atoms with Gasteiger partial charge in [0.1, 0.15) is 0 Å². The molecule has 1 N–H and O–H groups in total. The monoisotopic (exact) mass is 338 g/mol. The van der Waals surface area contributed by atoms with Crippen molar-refractivity contribution in [1.82, 2.24) is 0 Å². The summed E-state index contributed by atoms with van der Waals surface area (Å²) in [6.45, 7) is 2.24. The van der Waals surface area contributed by atoms with Crippen LogP contribution in [0.5, 0.6) is 0 Å². The van der Waals surface area contributed by atoms with E-state index in [1.165, 1.54) is 22.5 Å². The van der Waals surface area contributed by atoms with Crippen LogP contribution in [0.15, 0.2) is 54.6 Å². The summed E-state index contributed by atoms with van der Waals surface area (Å²) < 4.78 is 0. The molecule has 0 unspecified atom stereocenters. The molecule has 1 atom stereocenters. The molecule has 0 amide bonds. The van der Waals surface area contributed by atoms with E-state index in [0.29, 0.717) is 6.42 Å². The Morgan fingerprint density at radius 3 is 2.29 bits per heavy atom. The molecule has 0 aromatic heterocycles. The Labute approximate surface area is 146 Å². The molecule has 0 radical (unpaired) electrons. The summed E-state index contributed by atoms with van der Waals surface area (Å²) in [5.41, 5.74) is 0.738. The molecule has 0 spiro atoms. The first kappa shape index (κ1) is 17.0. The number of carbonyl (C=O) groups excluding carboxylic acids is 1. The Morgan fingerprint density at radius 1 is 0.958 bits per heavy atom. The van der Waals surface area contributed by atoms with E-state index in [1.807, 2.05) is 30.3 Å². The van der Waals surface area contributed by atoms with Gasteiger partial charge in [-0.1, -0.05) is 55.4 Å². The molecule has 0 aliphatic carbocycles. The number of fused-ring (bicyclic) bond motifs is 2. The average molecular weight is 338 g/mol. The standard InChI is InChI=1S/C21H22O2S/c1-2-5-20(10-11-22)24-21(23)18-9-8-17-12-15-6-3-4-7-16(15)13-19(17)14-18/h3-4,6-9,12-14,20,22H,2,5,10-11H2,1H3/t20-/m0/s1. The molecule has 0 aliphatic rings. The largest absolute Gasteiger partial charge is 0.396 e. The molecule has 124 valence electrons. The molecular weight excluding hydrogens is 316 g/mol. The highest BCUT2D eigenvalue weighted by Gasteiger charge is 2.15. The van der Waals surface area contributed by atoms with Gasteiger partial charge in [-0.05, 0) is 58.7 Å². The minimum Gasteiger partial charge on any atom is -0.396 e. The van der Waals surface area contributed by atoms with Crippen LogP contribution in [-0.2, 0) is 0 Å². The number of hydrogen-bond acceptors (Lipinski definition) is 3. The maximum Gasteiger partial charge on any atom is 0.219 e. The molecule has 3 heteroatoms. The number of aliphatic hydroxyl groups excluding tert-OH is 1. The molecule has 3 aromatic carbocycles. The highest BCUT2D eigenvalue weighted by atomic mass is 32.2. The molecule has 0 saturated heterocycles. The van der Waals surface area contributed by atoms with E-state index in [9.17, 15) is 4.79 Å². The number of benzene rings is 3. The average Bonchev–Trinajstić information content (AvgIpc) is 2.59. The van der Waals surface area contributed by atoms with Gasteiger partial charge in [0, 0.05) is 17.4 Å². The van der Waals surface area contributed by atoms with E-state index in [1.54, 1.807) is 0 Å². The highest BCUT2D eigenvalue weighted by Crippen LogP contribution is 2.28. The van der Waals surface area contributed by atoms with Crippen LogP contribution in [0.4, 0.5) is 0 Å². The van der Waals surface area contributed by atoms with Crippen LogP contribution in [0, 0.1) is 0 Å². The molecule has 2 nitrogen and oxygen atoms in total. The molecule has 3 aromatic rings. The Hall–Kier alpha value is -1.84. The van der Waals surface area contributed by atoms with Crippen molar-refractivity contribution in [2.45, 2.75) is 31.4 Å². The number of carbonyl (C=O) groups is 1. The number of rotatable bonds is 6. The van der Waals surface area contributed by atoms with Crippen molar-refractivity contribution < 1.29 is 9.90 Å². The second kappa shape index (κ2) is 7.82. The van der Waals surface area contributed by atoms with Gasteiger partial charge in [-0.25, -0.2) is 0 Å². The summed E-state index contributed by atoms with van der Waals surface area (Å²) in [6.07, 6.45) is 2.65. The van der Waals surface area contributed by atoms with Crippen molar-refractivity contribution in [3.63, 3.8) is 0 Å². The van der Waals surface area contributed by atoms with Crippen molar-refractivity contribution in [2.24, 2.45) is 0 Å². The summed E-state index contributed by atoms with van der Waals surface area (Å²) in [7, 11) is 0. The van der Waals surface area contributed by atoms with Gasteiger partial charge >= 0.3 is 0 Å². The lowest BCUT2D eigenvalue weighted by Gasteiger charge is -2.13. The van der Waals surface area contributed by atoms with E-state index < -0.39 is 0 Å². The quantitative estimate of drug-likeness (QED) is 0.610. The Kier molecular flexibility index (Phi) is 5.54. The van der Waals surface area contributed by atoms with E-state index in [-0.39, 0.29) is 17.0 Å². The first-order chi connectivity index (χ1) is 11.7. The minimum atomic E-state index is 0.0944. The topological polar surface area (TPSA) is 37.3 Å². The van der Waals surface area contributed by atoms with Gasteiger partial charge < -0.3 is 5.11 Å². The predicted molar refractivity (Wildman–Crippen MR) is 104 cm³/mol. The van der Waals surface area contributed by atoms with Crippen LogP contribution in [0.25, 0.3) is 21.5 Å². The molecule has 0 heterocycles. The lowest BCUT2D eigenvalue weighted by molar-refractivity contribution is 0.108. The minimum absolute atomic E-state index is 0.0944. The molecule has 0 aliphatic heterocycles. The van der Waals surface area contributed by atoms with Crippen LogP contribution >= 0.6 is 11.8 Å². The molecule has 0 fully saturated rings. The Balaban J connectivity index is 1.88. The fourth-order valence-electron chi connectivity index (χ4n) is 3.01. The summed E-state index contributed by atoms with van der Waals surface area (Å²) in [4.78, 5) is 12.6. The molecule has 0 bridgehead atoms. The fourth-order valence-corrected chi connectivity index (χ4v) is 4.16. The maximum atomic E-state index is 12.6. The van der Waals surface area contributed by atoms with E-state index >= 15 is 0 Å². The van der Waals surface area contributed by atoms with Crippen LogP contribution in [0.1, 0.15) is 36.5 Å². The van der Waals surface area contributed by atoms with Crippen LogP contribution < -0.4 is 0 Å². The zero-order chi connectivity index (χ0) is 16.9. The summed E-state index contributed by atoms with van der Waals surface area (Å²) in [6, 6.07) is 18.5. The first-order valence-electron chi connectivity index (χ1n) is 8.45. The van der Waals surface area contributed by atoms with Crippen molar-refractivity contribution in [3.8, 4) is 0 Å². The summed E-state index contributed by atoms with van der Waals surface area (Å²) >= 11 is 1.36. The lowest BCUT2D eigenvalue weighted by atomic mass is 10.0. The SMILES string of the molecule is CCC[C@@H](CCO)SC(=O)c1ccc2cc3ccccc3cc2c1. The Bertz CT molecular complexity index is 851. The fraction of sp³-hybridized carbons (Fsp3) is 0.286. The summed E-state index contributed by atoms with van der Waals surface area (Å²) in [5, 5.41) is 14.1. The zero-order valence-electron chi connectivity index (χ0n) is 13.9. The van der Waals surface area contributed by atoms with Gasteiger partial charge in [-0.15, -0.1) is 0 Å². The van der Waals surface area contributed by atoms with E-state index in [4.69, 9.17) is 5.11 Å². The van der Waals surface area contributed by atoms with Gasteiger partial charge in [-0.3, -0.25) is 4.79 Å². The second-order valence-electron chi connectivity index (χ2n) is 6.09. The second-order valence-corrected chi connectivity index (χ2v) is 7.36. The number of thioether (sulfide) groups is 1. The van der Waals surface area contributed by atoms with Gasteiger partial charge in [0.15, 0.2) is 0 Å². The lowest BCUT2D eigenvalue weighted by Crippen LogP contribution is -2.09. The predicted octanol–water partition coefficient (Wildman–Crippen LogP) is 5.42. The maximum absolute atomic E-state index is 12.6. The third-order valence-electron chi connectivity index (χ3n) is 4.28. The van der Waals surface area contributed by atoms with Gasteiger partial charge in [-0.2, -0.15) is 0 Å². The van der Waals surface area contributed by atoms with Gasteiger partial charge in [0.25, 0.3) is 0 Å². The van der Waals surface area contributed by atoms with E-state index in [2.05, 4.69) is 31.2 Å². The number of aliphatic hydroxyl groups is 1. The highest BCUT2D eigenvalue weighted by molar-refractivity contribution is 8.14. The van der Waals surface area contributed by atoms with E-state index in [0.717, 1.165) is 29.2 Å². The molecular formula is C21H22O2S. The summed E-state index contributed by atoms with van der Waals surface area (Å²) in [5.74, 6) is 0. The van der Waals surface area contributed by atoms with Crippen molar-refractivity contribution in [3.05, 3.63) is 60.2 Å². The first-order valence-corrected chi connectivity index (χ1v) is 9.33. The Morgan fingerprint density at radius 2 is 1.62 bits per heavy atom. The van der Waals surface area contributed by atoms with Crippen LogP contribution in [0.3, 0.4) is 0 Å². The zero-order valence-corrected chi connectivity index (χ0v) is 14.7. The van der Waals surface area contributed by atoms with Crippen LogP contribution in [0.2, 0.25) is 0 Å².